The minimum Gasteiger partial charge on any atom is -0.129 e. The summed E-state index contributed by atoms with van der Waals surface area (Å²) in [7, 11) is 0. The standard InChI is InChI=1S/C12H18S/c1-8(2)11-6-7-12(13-5)10(4)9(11)3/h6-8H,1-5H3. The highest BCUT2D eigenvalue weighted by Gasteiger charge is 2.07. The zero-order chi connectivity index (χ0) is 10.0. The Morgan fingerprint density at radius 3 is 2.15 bits per heavy atom. The van der Waals surface area contributed by atoms with Crippen molar-refractivity contribution in [2.75, 3.05) is 6.26 Å². The summed E-state index contributed by atoms with van der Waals surface area (Å²) in [4.78, 5) is 1.40. The largest absolute Gasteiger partial charge is 0.129 e. The Morgan fingerprint density at radius 2 is 1.69 bits per heavy atom. The van der Waals surface area contributed by atoms with Crippen LogP contribution in [0.3, 0.4) is 0 Å². The minimum absolute atomic E-state index is 0.634. The Morgan fingerprint density at radius 1 is 1.08 bits per heavy atom. The Kier molecular flexibility index (Phi) is 3.43. The molecule has 0 radical (unpaired) electrons. The Balaban J connectivity index is 3.23. The van der Waals surface area contributed by atoms with Crippen LogP contribution < -0.4 is 0 Å². The Labute approximate surface area is 85.7 Å². The first kappa shape index (κ1) is 10.6. The van der Waals surface area contributed by atoms with Gasteiger partial charge in [0.05, 0.1) is 0 Å². The van der Waals surface area contributed by atoms with Gasteiger partial charge in [-0.25, -0.2) is 0 Å². The van der Waals surface area contributed by atoms with Gasteiger partial charge in [-0.15, -0.1) is 11.8 Å². The van der Waals surface area contributed by atoms with Crippen LogP contribution in [-0.2, 0) is 0 Å². The molecule has 0 aliphatic carbocycles. The van der Waals surface area contributed by atoms with E-state index in [1.165, 1.54) is 21.6 Å². The molecule has 0 nitrogen and oxygen atoms in total. The molecular weight excluding hydrogens is 176 g/mol. The lowest BCUT2D eigenvalue weighted by molar-refractivity contribution is 0.850. The summed E-state index contributed by atoms with van der Waals surface area (Å²) in [6.07, 6.45) is 2.14. The molecule has 0 aliphatic rings. The van der Waals surface area contributed by atoms with E-state index in [0.717, 1.165) is 0 Å². The first-order chi connectivity index (χ1) is 6.07. The fraction of sp³-hybridized carbons (Fsp3) is 0.500. The molecule has 1 aromatic carbocycles. The maximum atomic E-state index is 2.26. The molecule has 0 atom stereocenters. The van der Waals surface area contributed by atoms with Gasteiger partial charge < -0.3 is 0 Å². The SMILES string of the molecule is CSc1ccc(C(C)C)c(C)c1C. The molecule has 0 aliphatic heterocycles. The average Bonchev–Trinajstić information content (AvgIpc) is 2.09. The van der Waals surface area contributed by atoms with Crippen molar-refractivity contribution in [3.8, 4) is 0 Å². The fourth-order valence-electron chi connectivity index (χ4n) is 1.66. The van der Waals surface area contributed by atoms with Crippen LogP contribution in [0, 0.1) is 13.8 Å². The van der Waals surface area contributed by atoms with Crippen molar-refractivity contribution in [3.05, 3.63) is 28.8 Å². The quantitative estimate of drug-likeness (QED) is 0.637. The molecule has 0 heterocycles. The molecule has 0 saturated heterocycles. The third kappa shape index (κ3) is 2.08. The van der Waals surface area contributed by atoms with Crippen LogP contribution in [0.25, 0.3) is 0 Å². The van der Waals surface area contributed by atoms with Gasteiger partial charge in [-0.05, 0) is 48.8 Å². The molecule has 0 N–H and O–H groups in total. The molecule has 0 bridgehead atoms. The molecule has 0 aromatic heterocycles. The van der Waals surface area contributed by atoms with E-state index in [1.807, 2.05) is 11.8 Å². The summed E-state index contributed by atoms with van der Waals surface area (Å²) in [6.45, 7) is 8.94. The van der Waals surface area contributed by atoms with Crippen molar-refractivity contribution in [2.24, 2.45) is 0 Å². The fourth-order valence-corrected chi connectivity index (χ4v) is 2.33. The third-order valence-corrected chi connectivity index (χ3v) is 3.50. The van der Waals surface area contributed by atoms with Gasteiger partial charge in [0.2, 0.25) is 0 Å². The lowest BCUT2D eigenvalue weighted by Gasteiger charge is -2.14. The van der Waals surface area contributed by atoms with E-state index in [4.69, 9.17) is 0 Å². The van der Waals surface area contributed by atoms with E-state index in [9.17, 15) is 0 Å². The second-order valence-electron chi connectivity index (χ2n) is 3.76. The number of thioether (sulfide) groups is 1. The van der Waals surface area contributed by atoms with Crippen LogP contribution in [0.4, 0.5) is 0 Å². The monoisotopic (exact) mass is 194 g/mol. The molecule has 0 unspecified atom stereocenters. The van der Waals surface area contributed by atoms with Gasteiger partial charge in [0.25, 0.3) is 0 Å². The number of hydrogen-bond acceptors (Lipinski definition) is 1. The van der Waals surface area contributed by atoms with E-state index in [0.29, 0.717) is 5.92 Å². The van der Waals surface area contributed by atoms with Gasteiger partial charge >= 0.3 is 0 Å². The van der Waals surface area contributed by atoms with Crippen molar-refractivity contribution >= 4 is 11.8 Å². The molecule has 0 saturated carbocycles. The molecule has 1 heteroatoms. The van der Waals surface area contributed by atoms with Crippen LogP contribution >= 0.6 is 11.8 Å². The van der Waals surface area contributed by atoms with Crippen LogP contribution in [0.1, 0.15) is 36.5 Å². The van der Waals surface area contributed by atoms with E-state index in [1.54, 1.807) is 0 Å². The van der Waals surface area contributed by atoms with Crippen molar-refractivity contribution < 1.29 is 0 Å². The van der Waals surface area contributed by atoms with Crippen LogP contribution in [-0.4, -0.2) is 6.26 Å². The van der Waals surface area contributed by atoms with Gasteiger partial charge in [-0.2, -0.15) is 0 Å². The van der Waals surface area contributed by atoms with E-state index >= 15 is 0 Å². The van der Waals surface area contributed by atoms with E-state index < -0.39 is 0 Å². The highest BCUT2D eigenvalue weighted by molar-refractivity contribution is 7.98. The van der Waals surface area contributed by atoms with Gasteiger partial charge in [0, 0.05) is 4.90 Å². The maximum absolute atomic E-state index is 2.26. The summed E-state index contributed by atoms with van der Waals surface area (Å²) in [5, 5.41) is 0. The zero-order valence-corrected chi connectivity index (χ0v) is 9.96. The molecule has 0 fully saturated rings. The van der Waals surface area contributed by atoms with E-state index in [2.05, 4.69) is 46.1 Å². The van der Waals surface area contributed by atoms with Crippen LogP contribution in [0.2, 0.25) is 0 Å². The smallest absolute Gasteiger partial charge is 0.0101 e. The van der Waals surface area contributed by atoms with Crippen molar-refractivity contribution in [3.63, 3.8) is 0 Å². The summed E-state index contributed by atoms with van der Waals surface area (Å²) in [6, 6.07) is 4.50. The maximum Gasteiger partial charge on any atom is 0.0101 e. The van der Waals surface area contributed by atoms with Crippen LogP contribution in [0.5, 0.6) is 0 Å². The lowest BCUT2D eigenvalue weighted by Crippen LogP contribution is -1.95. The number of benzene rings is 1. The summed E-state index contributed by atoms with van der Waals surface area (Å²) in [5.74, 6) is 0.634. The predicted molar refractivity (Wildman–Crippen MR) is 61.8 cm³/mol. The number of rotatable bonds is 2. The van der Waals surface area contributed by atoms with Crippen LogP contribution in [0.15, 0.2) is 17.0 Å². The molecule has 0 amide bonds. The summed E-state index contributed by atoms with van der Waals surface area (Å²) >= 11 is 1.83. The summed E-state index contributed by atoms with van der Waals surface area (Å²) in [5.41, 5.74) is 4.39. The molecular formula is C12H18S. The molecule has 0 spiro atoms. The molecule has 72 valence electrons. The second-order valence-corrected chi connectivity index (χ2v) is 4.61. The average molecular weight is 194 g/mol. The van der Waals surface area contributed by atoms with Gasteiger partial charge in [-0.1, -0.05) is 19.9 Å². The minimum atomic E-state index is 0.634. The van der Waals surface area contributed by atoms with Crippen molar-refractivity contribution in [1.82, 2.24) is 0 Å². The third-order valence-electron chi connectivity index (χ3n) is 2.62. The first-order valence-electron chi connectivity index (χ1n) is 4.72. The van der Waals surface area contributed by atoms with Crippen molar-refractivity contribution in [1.29, 1.82) is 0 Å². The second kappa shape index (κ2) is 4.19. The van der Waals surface area contributed by atoms with Gasteiger partial charge in [0.15, 0.2) is 0 Å². The predicted octanol–water partition coefficient (Wildman–Crippen LogP) is 4.15. The molecule has 1 aromatic rings. The van der Waals surface area contributed by atoms with Crippen molar-refractivity contribution in [2.45, 2.75) is 38.5 Å². The molecule has 1 rings (SSSR count). The first-order valence-corrected chi connectivity index (χ1v) is 5.94. The van der Waals surface area contributed by atoms with Gasteiger partial charge in [-0.3, -0.25) is 0 Å². The van der Waals surface area contributed by atoms with Gasteiger partial charge in [0.1, 0.15) is 0 Å². The number of hydrogen-bond donors (Lipinski definition) is 0. The highest BCUT2D eigenvalue weighted by atomic mass is 32.2. The Bertz CT molecular complexity index is 300. The highest BCUT2D eigenvalue weighted by Crippen LogP contribution is 2.28. The normalized spacial score (nSPS) is 10.9. The lowest BCUT2D eigenvalue weighted by atomic mass is 9.95. The Hall–Kier alpha value is -0.430. The van der Waals surface area contributed by atoms with E-state index in [-0.39, 0.29) is 0 Å². The molecule has 13 heavy (non-hydrogen) atoms. The zero-order valence-electron chi connectivity index (χ0n) is 9.14. The summed E-state index contributed by atoms with van der Waals surface area (Å²) < 4.78 is 0. The topological polar surface area (TPSA) is 0 Å².